The highest BCUT2D eigenvalue weighted by molar-refractivity contribution is 5.73. The van der Waals surface area contributed by atoms with E-state index in [0.717, 1.165) is 6.07 Å². The maximum atomic E-state index is 13.3. The molecule has 14 heavy (non-hydrogen) atoms. The Morgan fingerprint density at radius 2 is 2.29 bits per heavy atom. The van der Waals surface area contributed by atoms with Crippen molar-refractivity contribution in [3.63, 3.8) is 0 Å². The molecule has 0 unspecified atom stereocenters. The lowest BCUT2D eigenvalue weighted by Gasteiger charge is -2.04. The molecule has 1 rings (SSSR count). The summed E-state index contributed by atoms with van der Waals surface area (Å²) in [5.74, 6) is -0.550. The number of phenolic OH excluding ortho intramolecular Hbond substituents is 1. The normalized spacial score (nSPS) is 11.1. The van der Waals surface area contributed by atoms with Crippen LogP contribution in [-0.2, 0) is 0 Å². The van der Waals surface area contributed by atoms with E-state index in [9.17, 15) is 4.39 Å². The predicted octanol–water partition coefficient (Wildman–Crippen LogP) is 2.28. The predicted molar refractivity (Wildman–Crippen MR) is 55.3 cm³/mol. The Kier molecular flexibility index (Phi) is 3.29. The Bertz CT molecular complexity index is 372. The molecular weight excluding hydrogens is 181 g/mol. The molecule has 0 aromatic heterocycles. The van der Waals surface area contributed by atoms with Crippen LogP contribution in [0.2, 0.25) is 0 Å². The molecule has 0 amide bonds. The lowest BCUT2D eigenvalue weighted by atomic mass is 10.1. The second-order valence-corrected chi connectivity index (χ2v) is 2.76. The number of hydrogen-bond acceptors (Lipinski definition) is 2. The fraction of sp³-hybridized carbons (Fsp3) is 0.0909. The molecular formula is C11H12FNO. The standard InChI is InChI=1S/C11H12FNO/c1-3-8(7-13-2)10-5-4-9(14)6-11(10)12/h3-7,13-14H,1H2,2H3/b8-7+. The number of benzene rings is 1. The lowest BCUT2D eigenvalue weighted by Crippen LogP contribution is -1.96. The number of allylic oxidation sites excluding steroid dienone is 2. The summed E-state index contributed by atoms with van der Waals surface area (Å²) in [5.41, 5.74) is 1.05. The summed E-state index contributed by atoms with van der Waals surface area (Å²) in [6.45, 7) is 3.58. The van der Waals surface area contributed by atoms with Crippen molar-refractivity contribution in [3.8, 4) is 5.75 Å². The highest BCUT2D eigenvalue weighted by Crippen LogP contribution is 2.22. The fourth-order valence-corrected chi connectivity index (χ4v) is 1.14. The van der Waals surface area contributed by atoms with Gasteiger partial charge in [0.15, 0.2) is 0 Å². The molecule has 0 spiro atoms. The van der Waals surface area contributed by atoms with E-state index in [0.29, 0.717) is 11.1 Å². The second kappa shape index (κ2) is 4.46. The molecule has 1 aromatic rings. The SMILES string of the molecule is C=C/C(=C\NC)c1ccc(O)cc1F. The molecule has 1 aromatic carbocycles. The van der Waals surface area contributed by atoms with E-state index in [1.54, 1.807) is 19.3 Å². The third-order valence-electron chi connectivity index (χ3n) is 1.78. The third-order valence-corrected chi connectivity index (χ3v) is 1.78. The molecule has 0 aliphatic heterocycles. The molecule has 0 aliphatic rings. The quantitative estimate of drug-likeness (QED) is 0.722. The second-order valence-electron chi connectivity index (χ2n) is 2.76. The number of hydrogen-bond donors (Lipinski definition) is 2. The zero-order chi connectivity index (χ0) is 10.6. The van der Waals surface area contributed by atoms with Crippen molar-refractivity contribution in [2.75, 3.05) is 7.05 Å². The van der Waals surface area contributed by atoms with Crippen molar-refractivity contribution in [1.29, 1.82) is 0 Å². The van der Waals surface area contributed by atoms with Gasteiger partial charge in [-0.1, -0.05) is 12.7 Å². The summed E-state index contributed by atoms with van der Waals surface area (Å²) >= 11 is 0. The van der Waals surface area contributed by atoms with E-state index in [1.807, 2.05) is 0 Å². The molecule has 2 nitrogen and oxygen atoms in total. The van der Waals surface area contributed by atoms with Crippen LogP contribution in [0.15, 0.2) is 37.1 Å². The Labute approximate surface area is 82.4 Å². The van der Waals surface area contributed by atoms with E-state index < -0.39 is 5.82 Å². The molecule has 0 bridgehead atoms. The summed E-state index contributed by atoms with van der Waals surface area (Å²) in [7, 11) is 1.72. The van der Waals surface area contributed by atoms with Crippen molar-refractivity contribution in [2.45, 2.75) is 0 Å². The van der Waals surface area contributed by atoms with Gasteiger partial charge in [0.2, 0.25) is 0 Å². The Balaban J connectivity index is 3.17. The molecule has 2 N–H and O–H groups in total. The van der Waals surface area contributed by atoms with Gasteiger partial charge in [0.05, 0.1) is 0 Å². The van der Waals surface area contributed by atoms with E-state index >= 15 is 0 Å². The van der Waals surface area contributed by atoms with Crippen LogP contribution >= 0.6 is 0 Å². The monoisotopic (exact) mass is 193 g/mol. The lowest BCUT2D eigenvalue weighted by molar-refractivity contribution is 0.469. The smallest absolute Gasteiger partial charge is 0.134 e. The highest BCUT2D eigenvalue weighted by atomic mass is 19.1. The molecule has 0 radical (unpaired) electrons. The summed E-state index contributed by atoms with van der Waals surface area (Å²) in [6, 6.07) is 4.02. The first-order valence-corrected chi connectivity index (χ1v) is 4.17. The van der Waals surface area contributed by atoms with Gasteiger partial charge in [-0.3, -0.25) is 0 Å². The number of halogens is 1. The Morgan fingerprint density at radius 3 is 2.79 bits per heavy atom. The van der Waals surface area contributed by atoms with Crippen molar-refractivity contribution in [2.24, 2.45) is 0 Å². The van der Waals surface area contributed by atoms with Crippen LogP contribution in [0.4, 0.5) is 4.39 Å². The van der Waals surface area contributed by atoms with Crippen molar-refractivity contribution in [1.82, 2.24) is 5.32 Å². The van der Waals surface area contributed by atoms with Crippen LogP contribution in [-0.4, -0.2) is 12.2 Å². The zero-order valence-electron chi connectivity index (χ0n) is 7.92. The largest absolute Gasteiger partial charge is 0.508 e. The average Bonchev–Trinajstić information content (AvgIpc) is 2.15. The number of rotatable bonds is 3. The zero-order valence-corrected chi connectivity index (χ0v) is 7.92. The highest BCUT2D eigenvalue weighted by Gasteiger charge is 2.05. The van der Waals surface area contributed by atoms with Crippen LogP contribution < -0.4 is 5.32 Å². The van der Waals surface area contributed by atoms with Crippen LogP contribution in [0.1, 0.15) is 5.56 Å². The Morgan fingerprint density at radius 1 is 1.57 bits per heavy atom. The molecule has 0 fully saturated rings. The first-order chi connectivity index (χ1) is 6.69. The van der Waals surface area contributed by atoms with Gasteiger partial charge in [-0.15, -0.1) is 0 Å². The van der Waals surface area contributed by atoms with Crippen molar-refractivity contribution in [3.05, 3.63) is 48.4 Å². The minimum atomic E-state index is -0.466. The average molecular weight is 193 g/mol. The molecule has 3 heteroatoms. The van der Waals surface area contributed by atoms with Crippen LogP contribution in [0.3, 0.4) is 0 Å². The Hall–Kier alpha value is -1.77. The summed E-state index contributed by atoms with van der Waals surface area (Å²) in [5, 5.41) is 11.8. The van der Waals surface area contributed by atoms with Crippen LogP contribution in [0, 0.1) is 5.82 Å². The maximum Gasteiger partial charge on any atom is 0.134 e. The topological polar surface area (TPSA) is 32.3 Å². The van der Waals surface area contributed by atoms with E-state index in [-0.39, 0.29) is 5.75 Å². The first-order valence-electron chi connectivity index (χ1n) is 4.17. The summed E-state index contributed by atoms with van der Waals surface area (Å²) in [4.78, 5) is 0. The van der Waals surface area contributed by atoms with Gasteiger partial charge in [0.1, 0.15) is 11.6 Å². The van der Waals surface area contributed by atoms with Gasteiger partial charge in [-0.25, -0.2) is 4.39 Å². The van der Waals surface area contributed by atoms with Gasteiger partial charge in [-0.2, -0.15) is 0 Å². The van der Waals surface area contributed by atoms with Gasteiger partial charge in [0.25, 0.3) is 0 Å². The van der Waals surface area contributed by atoms with Crippen LogP contribution in [0.25, 0.3) is 5.57 Å². The minimum Gasteiger partial charge on any atom is -0.508 e. The molecule has 0 saturated carbocycles. The van der Waals surface area contributed by atoms with Crippen molar-refractivity contribution < 1.29 is 9.50 Å². The molecule has 0 saturated heterocycles. The van der Waals surface area contributed by atoms with E-state index in [1.165, 1.54) is 12.1 Å². The van der Waals surface area contributed by atoms with E-state index in [4.69, 9.17) is 5.11 Å². The van der Waals surface area contributed by atoms with E-state index in [2.05, 4.69) is 11.9 Å². The van der Waals surface area contributed by atoms with Gasteiger partial charge in [-0.05, 0) is 17.7 Å². The summed E-state index contributed by atoms with van der Waals surface area (Å²) in [6.07, 6.45) is 3.19. The van der Waals surface area contributed by atoms with Crippen molar-refractivity contribution >= 4 is 5.57 Å². The van der Waals surface area contributed by atoms with Crippen LogP contribution in [0.5, 0.6) is 5.75 Å². The number of phenols is 1. The maximum absolute atomic E-state index is 13.3. The molecule has 0 aliphatic carbocycles. The summed E-state index contributed by atoms with van der Waals surface area (Å²) < 4.78 is 13.3. The van der Waals surface area contributed by atoms with Gasteiger partial charge >= 0.3 is 0 Å². The third kappa shape index (κ3) is 2.13. The van der Waals surface area contributed by atoms with Gasteiger partial charge < -0.3 is 10.4 Å². The number of nitrogens with one attached hydrogen (secondary N) is 1. The minimum absolute atomic E-state index is 0.0841. The fourth-order valence-electron chi connectivity index (χ4n) is 1.14. The molecule has 0 heterocycles. The van der Waals surface area contributed by atoms with Gasteiger partial charge in [0, 0.05) is 24.9 Å². The number of aromatic hydroxyl groups is 1. The molecule has 0 atom stereocenters. The first kappa shape index (κ1) is 10.3. The molecule has 74 valence electrons.